The lowest BCUT2D eigenvalue weighted by Gasteiger charge is -2.20. The van der Waals surface area contributed by atoms with Crippen molar-refractivity contribution in [3.8, 4) is 0 Å². The van der Waals surface area contributed by atoms with Crippen molar-refractivity contribution in [1.82, 2.24) is 0 Å². The quantitative estimate of drug-likeness (QED) is 0.0238. The first kappa shape index (κ1) is 53.9. The maximum absolute atomic E-state index is 12.6. The molecule has 0 heterocycles. The van der Waals surface area contributed by atoms with Gasteiger partial charge in [0, 0.05) is 12.8 Å². The summed E-state index contributed by atoms with van der Waals surface area (Å²) in [5, 5.41) is 18.3. The SMILES string of the molecule is CCC=CCC=CCC=CCC=CCC=CCCCCCC(=O)OC(COC(=O)CCCCC=CCC=CCC=CCCCCC)COP(=O)(O)OCC(O)CO. The zero-order valence-corrected chi connectivity index (χ0v) is 35.9. The van der Waals surface area contributed by atoms with Crippen molar-refractivity contribution in [2.24, 2.45) is 0 Å². The van der Waals surface area contributed by atoms with E-state index in [1.807, 2.05) is 0 Å². The number of aliphatic hydroxyl groups is 2. The number of allylic oxidation sites excluding steroid dienone is 16. The van der Waals surface area contributed by atoms with Gasteiger partial charge in [0.1, 0.15) is 12.7 Å². The zero-order chi connectivity index (χ0) is 41.9. The Kier molecular flexibility index (Phi) is 38.8. The normalized spacial score (nSPS) is 14.8. The molecular formula is C46H75O10P. The molecule has 0 spiro atoms. The van der Waals surface area contributed by atoms with Crippen molar-refractivity contribution >= 4 is 19.8 Å². The molecule has 0 aromatic rings. The fraction of sp³-hybridized carbons (Fsp3) is 0.609. The van der Waals surface area contributed by atoms with Crippen LogP contribution >= 0.6 is 7.82 Å². The highest BCUT2D eigenvalue weighted by Gasteiger charge is 2.27. The highest BCUT2D eigenvalue weighted by Crippen LogP contribution is 2.43. The summed E-state index contributed by atoms with van der Waals surface area (Å²) in [6.07, 6.45) is 49.5. The van der Waals surface area contributed by atoms with E-state index in [1.165, 1.54) is 19.3 Å². The second kappa shape index (κ2) is 41.1. The third-order valence-electron chi connectivity index (χ3n) is 8.22. The maximum atomic E-state index is 12.6. The van der Waals surface area contributed by atoms with E-state index in [9.17, 15) is 24.2 Å². The van der Waals surface area contributed by atoms with Crippen LogP contribution in [-0.4, -0.2) is 65.7 Å². The number of hydrogen-bond donors (Lipinski definition) is 3. The number of aliphatic hydroxyl groups excluding tert-OH is 2. The van der Waals surface area contributed by atoms with Crippen molar-refractivity contribution in [3.05, 3.63) is 97.2 Å². The lowest BCUT2D eigenvalue weighted by atomic mass is 10.1. The molecule has 0 saturated heterocycles. The molecule has 0 rings (SSSR count). The molecule has 0 bridgehead atoms. The third-order valence-corrected chi connectivity index (χ3v) is 9.17. The first-order valence-electron chi connectivity index (χ1n) is 21.2. The van der Waals surface area contributed by atoms with Crippen molar-refractivity contribution in [2.75, 3.05) is 26.4 Å². The minimum atomic E-state index is -4.64. The summed E-state index contributed by atoms with van der Waals surface area (Å²) in [6, 6.07) is 0. The monoisotopic (exact) mass is 819 g/mol. The van der Waals surface area contributed by atoms with Gasteiger partial charge in [-0.25, -0.2) is 4.57 Å². The van der Waals surface area contributed by atoms with E-state index in [1.54, 1.807) is 0 Å². The molecule has 0 aliphatic heterocycles. The molecular weight excluding hydrogens is 743 g/mol. The second-order valence-corrected chi connectivity index (χ2v) is 15.1. The standard InChI is InChI=1S/C46H75O10P/c1-3-5-7-9-11-13-15-17-19-20-21-22-24-26-28-30-32-34-36-38-46(50)56-44(42-55-57(51,52)54-40-43(48)39-47)41-53-45(49)37-35-33-31-29-27-25-23-18-16-14-12-10-8-6-4-2/h5,7,11-14,17-19,21-23,26-29,43-44,47-48H,3-4,6,8-10,15-16,20,24-25,30-42H2,1-2H3,(H,51,52). The van der Waals surface area contributed by atoms with E-state index in [0.29, 0.717) is 12.8 Å². The molecule has 324 valence electrons. The fourth-order valence-electron chi connectivity index (χ4n) is 4.96. The number of ether oxygens (including phenoxy) is 2. The highest BCUT2D eigenvalue weighted by molar-refractivity contribution is 7.47. The smallest absolute Gasteiger partial charge is 0.462 e. The van der Waals surface area contributed by atoms with Gasteiger partial charge in [0.25, 0.3) is 0 Å². The van der Waals surface area contributed by atoms with Gasteiger partial charge in [-0.05, 0) is 96.3 Å². The largest absolute Gasteiger partial charge is 0.472 e. The molecule has 3 unspecified atom stereocenters. The third kappa shape index (κ3) is 40.9. The summed E-state index contributed by atoms with van der Waals surface area (Å²) in [5.41, 5.74) is 0. The van der Waals surface area contributed by atoms with Gasteiger partial charge in [-0.2, -0.15) is 0 Å². The predicted molar refractivity (Wildman–Crippen MR) is 232 cm³/mol. The predicted octanol–water partition coefficient (Wildman–Crippen LogP) is 11.2. The molecule has 3 atom stereocenters. The Morgan fingerprint density at radius 3 is 1.46 bits per heavy atom. The lowest BCUT2D eigenvalue weighted by Crippen LogP contribution is -2.29. The van der Waals surface area contributed by atoms with E-state index in [0.717, 1.165) is 83.5 Å². The Balaban J connectivity index is 4.47. The van der Waals surface area contributed by atoms with Crippen LogP contribution in [0.5, 0.6) is 0 Å². The summed E-state index contributed by atoms with van der Waals surface area (Å²) in [7, 11) is -4.64. The van der Waals surface area contributed by atoms with Gasteiger partial charge in [0.05, 0.1) is 19.8 Å². The van der Waals surface area contributed by atoms with Gasteiger partial charge in [-0.3, -0.25) is 18.6 Å². The zero-order valence-electron chi connectivity index (χ0n) is 35.0. The van der Waals surface area contributed by atoms with Gasteiger partial charge in [-0.15, -0.1) is 0 Å². The number of carbonyl (C=O) groups excluding carboxylic acids is 2. The number of phosphoric acid groups is 1. The molecule has 0 saturated carbocycles. The first-order chi connectivity index (χ1) is 27.7. The van der Waals surface area contributed by atoms with E-state index in [2.05, 4.69) is 116 Å². The average Bonchev–Trinajstić information content (AvgIpc) is 3.20. The number of phosphoric ester groups is 1. The molecule has 0 aromatic heterocycles. The minimum Gasteiger partial charge on any atom is -0.462 e. The van der Waals surface area contributed by atoms with Crippen LogP contribution in [0.3, 0.4) is 0 Å². The van der Waals surface area contributed by atoms with Crippen LogP contribution < -0.4 is 0 Å². The molecule has 0 aliphatic rings. The maximum Gasteiger partial charge on any atom is 0.472 e. The summed E-state index contributed by atoms with van der Waals surface area (Å²) in [4.78, 5) is 35.0. The Morgan fingerprint density at radius 2 is 0.965 bits per heavy atom. The molecule has 57 heavy (non-hydrogen) atoms. The van der Waals surface area contributed by atoms with Gasteiger partial charge in [-0.1, -0.05) is 130 Å². The summed E-state index contributed by atoms with van der Waals surface area (Å²) < 4.78 is 32.6. The molecule has 0 aromatic carbocycles. The molecule has 0 amide bonds. The van der Waals surface area contributed by atoms with E-state index in [4.69, 9.17) is 19.1 Å². The Hall–Kier alpha value is -3.11. The summed E-state index contributed by atoms with van der Waals surface area (Å²) >= 11 is 0. The topological polar surface area (TPSA) is 149 Å². The summed E-state index contributed by atoms with van der Waals surface area (Å²) in [5.74, 6) is -1.02. The molecule has 11 heteroatoms. The second-order valence-electron chi connectivity index (χ2n) is 13.6. The fourth-order valence-corrected chi connectivity index (χ4v) is 5.75. The number of hydrogen-bond acceptors (Lipinski definition) is 9. The molecule has 10 nitrogen and oxygen atoms in total. The molecule has 3 N–H and O–H groups in total. The number of rotatable bonds is 38. The minimum absolute atomic E-state index is 0.131. The van der Waals surface area contributed by atoms with Crippen LogP contribution in [0.2, 0.25) is 0 Å². The number of esters is 2. The van der Waals surface area contributed by atoms with Crippen LogP contribution in [0.15, 0.2) is 97.2 Å². The first-order valence-corrected chi connectivity index (χ1v) is 22.7. The van der Waals surface area contributed by atoms with E-state index >= 15 is 0 Å². The van der Waals surface area contributed by atoms with Crippen LogP contribution in [-0.2, 0) is 32.7 Å². The van der Waals surface area contributed by atoms with Crippen LogP contribution in [0, 0.1) is 0 Å². The van der Waals surface area contributed by atoms with Crippen molar-refractivity contribution in [3.63, 3.8) is 0 Å². The lowest BCUT2D eigenvalue weighted by molar-refractivity contribution is -0.161. The van der Waals surface area contributed by atoms with Crippen molar-refractivity contribution in [1.29, 1.82) is 0 Å². The van der Waals surface area contributed by atoms with Crippen LogP contribution in [0.25, 0.3) is 0 Å². The average molecular weight is 819 g/mol. The highest BCUT2D eigenvalue weighted by atomic mass is 31.2. The Morgan fingerprint density at radius 1 is 0.544 bits per heavy atom. The number of carbonyl (C=O) groups is 2. The van der Waals surface area contributed by atoms with Crippen LogP contribution in [0.4, 0.5) is 0 Å². The summed E-state index contributed by atoms with van der Waals surface area (Å²) in [6.45, 7) is 2.12. The van der Waals surface area contributed by atoms with Crippen molar-refractivity contribution in [2.45, 2.75) is 154 Å². The number of unbranched alkanes of at least 4 members (excludes halogenated alkanes) is 8. The van der Waals surface area contributed by atoms with Crippen molar-refractivity contribution < 1.29 is 47.8 Å². The van der Waals surface area contributed by atoms with E-state index in [-0.39, 0.29) is 19.4 Å². The van der Waals surface area contributed by atoms with Gasteiger partial charge in [0.2, 0.25) is 0 Å². The molecule has 0 aliphatic carbocycles. The van der Waals surface area contributed by atoms with Gasteiger partial charge in [0.15, 0.2) is 6.10 Å². The van der Waals surface area contributed by atoms with E-state index < -0.39 is 51.8 Å². The molecule has 0 radical (unpaired) electrons. The Labute approximate surface area is 344 Å². The Bertz CT molecular complexity index is 1260. The van der Waals surface area contributed by atoms with Gasteiger partial charge >= 0.3 is 19.8 Å². The van der Waals surface area contributed by atoms with Gasteiger partial charge < -0.3 is 24.6 Å². The molecule has 0 fully saturated rings. The van der Waals surface area contributed by atoms with Crippen LogP contribution in [0.1, 0.15) is 142 Å².